The Bertz CT molecular complexity index is 720. The quantitative estimate of drug-likeness (QED) is 0.935. The molecule has 1 aliphatic rings. The number of hydrogen-bond donors (Lipinski definition) is 1. The number of hydrogen-bond acceptors (Lipinski definition) is 4. The van der Waals surface area contributed by atoms with Gasteiger partial charge in [0.05, 0.1) is 19.8 Å². The van der Waals surface area contributed by atoms with Crippen LogP contribution in [0, 0.1) is 0 Å². The van der Waals surface area contributed by atoms with Gasteiger partial charge in [0, 0.05) is 23.6 Å². The number of amides is 1. The first kappa shape index (κ1) is 14.4. The number of rotatable bonds is 4. The summed E-state index contributed by atoms with van der Waals surface area (Å²) in [6, 6.07) is 4.71. The van der Waals surface area contributed by atoms with E-state index >= 15 is 0 Å². The van der Waals surface area contributed by atoms with E-state index in [1.807, 2.05) is 12.1 Å². The minimum absolute atomic E-state index is 0.142. The Morgan fingerprint density at radius 3 is 3.00 bits per heavy atom. The van der Waals surface area contributed by atoms with Crippen molar-refractivity contribution in [2.45, 2.75) is 25.3 Å². The molecule has 0 spiro atoms. The Hall–Kier alpha value is -2.50. The molecule has 0 aliphatic carbocycles. The van der Waals surface area contributed by atoms with E-state index in [0.717, 1.165) is 17.4 Å². The lowest BCUT2D eigenvalue weighted by molar-refractivity contribution is -0.147. The van der Waals surface area contributed by atoms with E-state index in [9.17, 15) is 9.59 Å². The fourth-order valence-electron chi connectivity index (χ4n) is 2.91. The zero-order valence-corrected chi connectivity index (χ0v) is 12.2. The molecule has 116 valence electrons. The number of nitrogens with zero attached hydrogens (tertiary/aromatic N) is 1. The fourth-order valence-corrected chi connectivity index (χ4v) is 2.91. The van der Waals surface area contributed by atoms with Crippen LogP contribution in [0.1, 0.15) is 18.4 Å². The van der Waals surface area contributed by atoms with Crippen LogP contribution in [-0.2, 0) is 16.0 Å². The molecule has 1 N–H and O–H groups in total. The Labute approximate surface area is 127 Å². The van der Waals surface area contributed by atoms with Gasteiger partial charge in [0.15, 0.2) is 0 Å². The van der Waals surface area contributed by atoms with Gasteiger partial charge in [-0.15, -0.1) is 0 Å². The minimum Gasteiger partial charge on any atom is -0.497 e. The first-order valence-electron chi connectivity index (χ1n) is 7.16. The van der Waals surface area contributed by atoms with Crippen molar-refractivity contribution in [1.29, 1.82) is 0 Å². The molecule has 1 aromatic carbocycles. The third-order valence-electron chi connectivity index (χ3n) is 4.06. The lowest BCUT2D eigenvalue weighted by Crippen LogP contribution is -2.41. The first-order valence-corrected chi connectivity index (χ1v) is 7.16. The van der Waals surface area contributed by atoms with E-state index < -0.39 is 12.0 Å². The van der Waals surface area contributed by atoms with Crippen molar-refractivity contribution in [3.05, 3.63) is 30.0 Å². The molecular formula is C16H17NO5. The molecule has 3 rings (SSSR count). The van der Waals surface area contributed by atoms with Crippen molar-refractivity contribution >= 4 is 22.8 Å². The molecule has 1 fully saturated rings. The van der Waals surface area contributed by atoms with Crippen LogP contribution >= 0.6 is 0 Å². The molecule has 1 aromatic heterocycles. The summed E-state index contributed by atoms with van der Waals surface area (Å²) in [4.78, 5) is 25.0. The van der Waals surface area contributed by atoms with Gasteiger partial charge >= 0.3 is 5.97 Å². The number of ether oxygens (including phenoxy) is 1. The maximum Gasteiger partial charge on any atom is 0.326 e. The topological polar surface area (TPSA) is 80.0 Å². The molecule has 1 saturated heterocycles. The van der Waals surface area contributed by atoms with Gasteiger partial charge in [0.2, 0.25) is 5.91 Å². The summed E-state index contributed by atoms with van der Waals surface area (Å²) in [5, 5.41) is 10.0. The predicted octanol–water partition coefficient (Wildman–Crippen LogP) is 2.06. The summed E-state index contributed by atoms with van der Waals surface area (Å²) < 4.78 is 10.6. The monoisotopic (exact) mass is 303 g/mol. The minimum atomic E-state index is -0.937. The standard InChI is InChI=1S/C16H17NO5/c1-21-11-4-5-12-10(9-22-14(12)8-11)7-15(18)17-6-2-3-13(17)16(19)20/h4-5,8-9,13H,2-3,6-7H2,1H3,(H,19,20)/t13-/m1/s1. The third-order valence-corrected chi connectivity index (χ3v) is 4.06. The van der Waals surface area contributed by atoms with E-state index in [2.05, 4.69) is 0 Å². The molecule has 6 heteroatoms. The molecule has 6 nitrogen and oxygen atoms in total. The van der Waals surface area contributed by atoms with Crippen LogP contribution in [0.3, 0.4) is 0 Å². The van der Waals surface area contributed by atoms with Gasteiger partial charge in [0.1, 0.15) is 17.4 Å². The number of aliphatic carboxylic acids is 1. The maximum absolute atomic E-state index is 12.4. The largest absolute Gasteiger partial charge is 0.497 e. The van der Waals surface area contributed by atoms with E-state index in [4.69, 9.17) is 14.3 Å². The Kier molecular flexibility index (Phi) is 3.75. The summed E-state index contributed by atoms with van der Waals surface area (Å²) in [5.74, 6) is -0.429. The molecule has 0 saturated carbocycles. The number of likely N-dealkylation sites (tertiary alicyclic amines) is 1. The first-order chi connectivity index (χ1) is 10.6. The summed E-state index contributed by atoms with van der Waals surface area (Å²) in [6.07, 6.45) is 2.94. The molecule has 1 amide bonds. The van der Waals surface area contributed by atoms with E-state index in [0.29, 0.717) is 24.3 Å². The Morgan fingerprint density at radius 1 is 1.45 bits per heavy atom. The molecule has 2 heterocycles. The second-order valence-corrected chi connectivity index (χ2v) is 5.38. The van der Waals surface area contributed by atoms with Gasteiger partial charge in [-0.3, -0.25) is 4.79 Å². The fraction of sp³-hybridized carbons (Fsp3) is 0.375. The van der Waals surface area contributed by atoms with Gasteiger partial charge in [-0.1, -0.05) is 0 Å². The lowest BCUT2D eigenvalue weighted by Gasteiger charge is -2.21. The number of furan rings is 1. The highest BCUT2D eigenvalue weighted by Gasteiger charge is 2.34. The average molecular weight is 303 g/mol. The summed E-state index contributed by atoms with van der Waals surface area (Å²) in [6.45, 7) is 0.499. The third kappa shape index (κ3) is 2.52. The van der Waals surface area contributed by atoms with Crippen molar-refractivity contribution in [1.82, 2.24) is 4.90 Å². The van der Waals surface area contributed by atoms with Crippen LogP contribution in [0.4, 0.5) is 0 Å². The van der Waals surface area contributed by atoms with Crippen molar-refractivity contribution in [3.63, 3.8) is 0 Å². The summed E-state index contributed by atoms with van der Waals surface area (Å²) >= 11 is 0. The summed E-state index contributed by atoms with van der Waals surface area (Å²) in [7, 11) is 1.58. The zero-order valence-electron chi connectivity index (χ0n) is 12.2. The molecule has 22 heavy (non-hydrogen) atoms. The van der Waals surface area contributed by atoms with Crippen LogP contribution in [0.15, 0.2) is 28.9 Å². The maximum atomic E-state index is 12.4. The SMILES string of the molecule is COc1ccc2c(CC(=O)N3CCC[C@@H]3C(=O)O)coc2c1. The van der Waals surface area contributed by atoms with Crippen LogP contribution in [-0.4, -0.2) is 41.6 Å². The summed E-state index contributed by atoms with van der Waals surface area (Å²) in [5.41, 5.74) is 1.41. The molecular weight excluding hydrogens is 286 g/mol. The number of methoxy groups -OCH3 is 1. The van der Waals surface area contributed by atoms with Gasteiger partial charge in [0.25, 0.3) is 0 Å². The average Bonchev–Trinajstić information content (AvgIpc) is 3.14. The number of carbonyl (C=O) groups is 2. The van der Waals surface area contributed by atoms with Crippen molar-refractivity contribution in [2.24, 2.45) is 0 Å². The highest BCUT2D eigenvalue weighted by Crippen LogP contribution is 2.27. The van der Waals surface area contributed by atoms with Gasteiger partial charge in [-0.25, -0.2) is 4.79 Å². The van der Waals surface area contributed by atoms with Crippen LogP contribution in [0.25, 0.3) is 11.0 Å². The highest BCUT2D eigenvalue weighted by molar-refractivity contribution is 5.90. The van der Waals surface area contributed by atoms with Gasteiger partial charge in [-0.05, 0) is 25.0 Å². The second-order valence-electron chi connectivity index (χ2n) is 5.38. The van der Waals surface area contributed by atoms with Crippen LogP contribution in [0.5, 0.6) is 5.75 Å². The normalized spacial score (nSPS) is 17.9. The van der Waals surface area contributed by atoms with Crippen molar-refractivity contribution in [2.75, 3.05) is 13.7 Å². The zero-order chi connectivity index (χ0) is 15.7. The number of benzene rings is 1. The molecule has 2 aromatic rings. The molecule has 0 bridgehead atoms. The molecule has 1 atom stereocenters. The highest BCUT2D eigenvalue weighted by atomic mass is 16.5. The molecule has 0 radical (unpaired) electrons. The molecule has 1 aliphatic heterocycles. The number of fused-ring (bicyclic) bond motifs is 1. The Balaban J connectivity index is 1.81. The number of carboxylic acid groups (broad SMARTS) is 1. The van der Waals surface area contributed by atoms with Crippen molar-refractivity contribution < 1.29 is 23.8 Å². The van der Waals surface area contributed by atoms with E-state index in [1.165, 1.54) is 4.90 Å². The van der Waals surface area contributed by atoms with Crippen LogP contribution in [0.2, 0.25) is 0 Å². The molecule has 0 unspecified atom stereocenters. The van der Waals surface area contributed by atoms with E-state index in [1.54, 1.807) is 19.4 Å². The van der Waals surface area contributed by atoms with Crippen LogP contribution < -0.4 is 4.74 Å². The predicted molar refractivity (Wildman–Crippen MR) is 78.8 cm³/mol. The smallest absolute Gasteiger partial charge is 0.326 e. The van der Waals surface area contributed by atoms with E-state index in [-0.39, 0.29) is 12.3 Å². The van der Waals surface area contributed by atoms with Gasteiger partial charge in [-0.2, -0.15) is 0 Å². The Morgan fingerprint density at radius 2 is 2.27 bits per heavy atom. The van der Waals surface area contributed by atoms with Gasteiger partial charge < -0.3 is 19.2 Å². The number of carboxylic acids is 1. The lowest BCUT2D eigenvalue weighted by atomic mass is 10.1. The number of carbonyl (C=O) groups excluding carboxylic acids is 1. The van der Waals surface area contributed by atoms with Crippen molar-refractivity contribution in [3.8, 4) is 5.75 Å². The second kappa shape index (κ2) is 5.71.